The number of benzene rings is 1. The molecule has 3 rings (SSSR count). The van der Waals surface area contributed by atoms with Crippen LogP contribution in [0.2, 0.25) is 0 Å². The molecule has 166 valence electrons. The first-order valence-electron chi connectivity index (χ1n) is 9.89. The van der Waals surface area contributed by atoms with Crippen LogP contribution in [0.15, 0.2) is 48.9 Å². The van der Waals surface area contributed by atoms with Crippen molar-refractivity contribution in [1.29, 1.82) is 0 Å². The number of imidazole rings is 1. The van der Waals surface area contributed by atoms with Crippen LogP contribution in [0.1, 0.15) is 44.2 Å². The number of amides is 2. The average molecular weight is 438 g/mol. The SMILES string of the molecule is CN(C)CCCC(=O)c1nc[nH]c1C(=O)Nc1ccc(NC(=O)c2ccc(F)cc2)nc1. The minimum Gasteiger partial charge on any atom is -0.340 e. The van der Waals surface area contributed by atoms with E-state index in [1.807, 2.05) is 19.0 Å². The predicted octanol–water partition coefficient (Wildman–Crippen LogP) is 2.97. The lowest BCUT2D eigenvalue weighted by Gasteiger charge is -2.09. The van der Waals surface area contributed by atoms with Gasteiger partial charge in [0.1, 0.15) is 23.0 Å². The van der Waals surface area contributed by atoms with Crippen LogP contribution in [0.4, 0.5) is 15.9 Å². The summed E-state index contributed by atoms with van der Waals surface area (Å²) in [5.41, 5.74) is 0.828. The molecule has 2 aromatic heterocycles. The van der Waals surface area contributed by atoms with Gasteiger partial charge in [0.15, 0.2) is 5.78 Å². The van der Waals surface area contributed by atoms with E-state index in [0.717, 1.165) is 6.54 Å². The number of ketones is 1. The molecule has 10 heteroatoms. The van der Waals surface area contributed by atoms with E-state index in [0.29, 0.717) is 12.1 Å². The van der Waals surface area contributed by atoms with Crippen molar-refractivity contribution in [3.05, 3.63) is 71.7 Å². The Morgan fingerprint density at radius 2 is 1.75 bits per heavy atom. The van der Waals surface area contributed by atoms with Crippen LogP contribution in [0, 0.1) is 5.82 Å². The van der Waals surface area contributed by atoms with Crippen molar-refractivity contribution in [2.45, 2.75) is 12.8 Å². The molecule has 2 heterocycles. The zero-order chi connectivity index (χ0) is 23.1. The highest BCUT2D eigenvalue weighted by Crippen LogP contribution is 2.14. The molecule has 0 radical (unpaired) electrons. The monoisotopic (exact) mass is 438 g/mol. The van der Waals surface area contributed by atoms with Gasteiger partial charge in [-0.1, -0.05) is 0 Å². The molecule has 0 spiro atoms. The van der Waals surface area contributed by atoms with E-state index in [1.165, 1.54) is 42.9 Å². The second-order valence-electron chi connectivity index (χ2n) is 7.30. The first kappa shape index (κ1) is 22.8. The van der Waals surface area contributed by atoms with Gasteiger partial charge in [-0.3, -0.25) is 14.4 Å². The van der Waals surface area contributed by atoms with Crippen molar-refractivity contribution in [3.63, 3.8) is 0 Å². The fourth-order valence-corrected chi connectivity index (χ4v) is 2.88. The Kier molecular flexibility index (Phi) is 7.40. The van der Waals surface area contributed by atoms with Gasteiger partial charge in [-0.05, 0) is 63.5 Å². The first-order chi connectivity index (χ1) is 15.3. The third-order valence-electron chi connectivity index (χ3n) is 4.51. The number of carbonyl (C=O) groups excluding carboxylic acids is 3. The van der Waals surface area contributed by atoms with E-state index in [4.69, 9.17) is 0 Å². The fourth-order valence-electron chi connectivity index (χ4n) is 2.88. The van der Waals surface area contributed by atoms with Gasteiger partial charge in [-0.25, -0.2) is 14.4 Å². The van der Waals surface area contributed by atoms with Gasteiger partial charge in [0, 0.05) is 12.0 Å². The molecule has 0 atom stereocenters. The number of Topliss-reactive ketones (excluding diaryl/α,β-unsaturated/α-hetero) is 1. The van der Waals surface area contributed by atoms with Gasteiger partial charge in [0.25, 0.3) is 11.8 Å². The highest BCUT2D eigenvalue weighted by atomic mass is 19.1. The van der Waals surface area contributed by atoms with Crippen LogP contribution in [0.25, 0.3) is 0 Å². The Hall–Kier alpha value is -3.92. The van der Waals surface area contributed by atoms with Crippen molar-refractivity contribution in [1.82, 2.24) is 19.9 Å². The molecule has 0 bridgehead atoms. The summed E-state index contributed by atoms with van der Waals surface area (Å²) >= 11 is 0. The van der Waals surface area contributed by atoms with Crippen LogP contribution >= 0.6 is 0 Å². The number of H-pyrrole nitrogens is 1. The third-order valence-corrected chi connectivity index (χ3v) is 4.51. The minimum atomic E-state index is -0.525. The number of nitrogens with zero attached hydrogens (tertiary/aromatic N) is 3. The highest BCUT2D eigenvalue weighted by molar-refractivity contribution is 6.10. The number of pyridine rings is 1. The van der Waals surface area contributed by atoms with E-state index in [9.17, 15) is 18.8 Å². The van der Waals surface area contributed by atoms with E-state index >= 15 is 0 Å². The average Bonchev–Trinajstić information content (AvgIpc) is 3.25. The number of carbonyl (C=O) groups is 3. The Morgan fingerprint density at radius 3 is 2.41 bits per heavy atom. The van der Waals surface area contributed by atoms with Crippen molar-refractivity contribution >= 4 is 29.1 Å². The van der Waals surface area contributed by atoms with Gasteiger partial charge in [-0.15, -0.1) is 0 Å². The molecule has 3 aromatic rings. The Morgan fingerprint density at radius 1 is 1.00 bits per heavy atom. The number of halogens is 1. The molecule has 9 nitrogen and oxygen atoms in total. The maximum atomic E-state index is 13.0. The van der Waals surface area contributed by atoms with Crippen LogP contribution in [0.5, 0.6) is 0 Å². The summed E-state index contributed by atoms with van der Waals surface area (Å²) in [6.07, 6.45) is 3.62. The maximum absolute atomic E-state index is 13.0. The maximum Gasteiger partial charge on any atom is 0.274 e. The van der Waals surface area contributed by atoms with Crippen LogP contribution in [-0.4, -0.2) is 58.1 Å². The molecule has 0 aliphatic rings. The number of hydrogen-bond acceptors (Lipinski definition) is 6. The van der Waals surface area contributed by atoms with Gasteiger partial charge in [0.2, 0.25) is 0 Å². The summed E-state index contributed by atoms with van der Waals surface area (Å²) in [5.74, 6) is -1.35. The van der Waals surface area contributed by atoms with Crippen LogP contribution in [-0.2, 0) is 0 Å². The largest absolute Gasteiger partial charge is 0.340 e. The second kappa shape index (κ2) is 10.4. The minimum absolute atomic E-state index is 0.0774. The number of rotatable bonds is 9. The van der Waals surface area contributed by atoms with Crippen molar-refractivity contribution in [3.8, 4) is 0 Å². The van der Waals surface area contributed by atoms with Gasteiger partial charge in [-0.2, -0.15) is 0 Å². The lowest BCUT2D eigenvalue weighted by atomic mass is 10.1. The molecular weight excluding hydrogens is 415 g/mol. The molecule has 2 amide bonds. The standard InChI is InChI=1S/C22H23FN6O3/c1-29(2)11-3-4-17(30)19-20(26-13-25-19)22(32)27-16-9-10-18(24-12-16)28-21(31)14-5-7-15(23)8-6-14/h5-10,12-13H,3-4,11H2,1-2H3,(H,25,26)(H,27,32)(H,24,28,31). The molecule has 32 heavy (non-hydrogen) atoms. The first-order valence-corrected chi connectivity index (χ1v) is 9.89. The quantitative estimate of drug-likeness (QED) is 0.442. The lowest BCUT2D eigenvalue weighted by molar-refractivity contribution is 0.0955. The van der Waals surface area contributed by atoms with Crippen LogP contribution in [0.3, 0.4) is 0 Å². The molecule has 0 aliphatic heterocycles. The van der Waals surface area contributed by atoms with Crippen molar-refractivity contribution in [2.24, 2.45) is 0 Å². The van der Waals surface area contributed by atoms with Crippen molar-refractivity contribution in [2.75, 3.05) is 31.3 Å². The normalized spacial score (nSPS) is 10.8. The van der Waals surface area contributed by atoms with E-state index in [2.05, 4.69) is 25.6 Å². The number of aromatic amines is 1. The summed E-state index contributed by atoms with van der Waals surface area (Å²) in [7, 11) is 3.84. The fraction of sp³-hybridized carbons (Fsp3) is 0.227. The Labute approximate surface area is 184 Å². The Balaban J connectivity index is 1.59. The molecule has 0 saturated heterocycles. The zero-order valence-corrected chi connectivity index (χ0v) is 17.7. The number of hydrogen-bond donors (Lipinski definition) is 3. The van der Waals surface area contributed by atoms with E-state index in [-0.39, 0.29) is 35.0 Å². The molecule has 0 unspecified atom stereocenters. The van der Waals surface area contributed by atoms with Crippen molar-refractivity contribution < 1.29 is 18.8 Å². The number of anilines is 2. The molecule has 1 aromatic carbocycles. The topological polar surface area (TPSA) is 120 Å². The molecular formula is C22H23FN6O3. The van der Waals surface area contributed by atoms with E-state index < -0.39 is 17.6 Å². The van der Waals surface area contributed by atoms with Gasteiger partial charge >= 0.3 is 0 Å². The third kappa shape index (κ3) is 6.05. The molecule has 0 aliphatic carbocycles. The summed E-state index contributed by atoms with van der Waals surface area (Å²) in [5, 5.41) is 5.23. The summed E-state index contributed by atoms with van der Waals surface area (Å²) in [4.78, 5) is 49.9. The number of nitrogens with one attached hydrogen (secondary N) is 3. The predicted molar refractivity (Wildman–Crippen MR) is 117 cm³/mol. The number of aromatic nitrogens is 3. The summed E-state index contributed by atoms with van der Waals surface area (Å²) < 4.78 is 13.0. The second-order valence-corrected chi connectivity index (χ2v) is 7.30. The summed E-state index contributed by atoms with van der Waals surface area (Å²) in [6.45, 7) is 0.757. The molecule has 3 N–H and O–H groups in total. The molecule has 0 fully saturated rings. The smallest absolute Gasteiger partial charge is 0.274 e. The molecule has 0 saturated carbocycles. The highest BCUT2D eigenvalue weighted by Gasteiger charge is 2.20. The van der Waals surface area contributed by atoms with Gasteiger partial charge in [0.05, 0.1) is 18.2 Å². The van der Waals surface area contributed by atoms with Gasteiger partial charge < -0.3 is 20.5 Å². The van der Waals surface area contributed by atoms with Crippen LogP contribution < -0.4 is 10.6 Å². The van der Waals surface area contributed by atoms with E-state index in [1.54, 1.807) is 6.07 Å². The summed E-state index contributed by atoms with van der Waals surface area (Å²) in [6, 6.07) is 8.18. The lowest BCUT2D eigenvalue weighted by Crippen LogP contribution is -2.18. The Bertz CT molecular complexity index is 1090. The zero-order valence-electron chi connectivity index (χ0n) is 17.7.